The van der Waals surface area contributed by atoms with Crippen molar-refractivity contribution >= 4 is 28.9 Å². The Morgan fingerprint density at radius 2 is 2.47 bits per heavy atom. The number of aromatic nitrogens is 1. The fourth-order valence-corrected chi connectivity index (χ4v) is 2.22. The third-order valence-corrected chi connectivity index (χ3v) is 3.20. The van der Waals surface area contributed by atoms with Crippen LogP contribution in [0.15, 0.2) is 18.5 Å². The molecule has 0 bridgehead atoms. The number of pyridine rings is 1. The summed E-state index contributed by atoms with van der Waals surface area (Å²) >= 11 is 5.03. The average molecular weight is 281 g/mol. The third kappa shape index (κ3) is 2.82. The van der Waals surface area contributed by atoms with E-state index < -0.39 is 6.04 Å². The number of methoxy groups -OCH3 is 1. The van der Waals surface area contributed by atoms with Crippen LogP contribution in [0.2, 0.25) is 0 Å². The highest BCUT2D eigenvalue weighted by Crippen LogP contribution is 2.23. The first-order valence-electron chi connectivity index (χ1n) is 5.81. The van der Waals surface area contributed by atoms with E-state index in [1.165, 1.54) is 7.11 Å². The second-order valence-electron chi connectivity index (χ2n) is 4.06. The highest BCUT2D eigenvalue weighted by Gasteiger charge is 2.32. The number of ether oxygens (including phenoxy) is 2. The number of carbonyl (C=O) groups excluding carboxylic acids is 1. The number of rotatable bonds is 3. The van der Waals surface area contributed by atoms with Crippen LogP contribution in [0.25, 0.3) is 0 Å². The second kappa shape index (κ2) is 5.94. The molecule has 1 saturated heterocycles. The lowest BCUT2D eigenvalue weighted by molar-refractivity contribution is -0.144. The van der Waals surface area contributed by atoms with Crippen molar-refractivity contribution in [2.24, 2.45) is 5.73 Å². The monoisotopic (exact) mass is 281 g/mol. The van der Waals surface area contributed by atoms with Gasteiger partial charge in [0, 0.05) is 18.3 Å². The Kier molecular flexibility index (Phi) is 4.28. The van der Waals surface area contributed by atoms with Crippen LogP contribution in [0, 0.1) is 0 Å². The predicted molar refractivity (Wildman–Crippen MR) is 74.1 cm³/mol. The summed E-state index contributed by atoms with van der Waals surface area (Å²) in [6, 6.07) is 1.23. The summed E-state index contributed by atoms with van der Waals surface area (Å²) in [5, 5.41) is 0. The van der Waals surface area contributed by atoms with Gasteiger partial charge in [-0.2, -0.15) is 0 Å². The van der Waals surface area contributed by atoms with Crippen LogP contribution in [-0.2, 0) is 14.3 Å². The molecule has 0 saturated carbocycles. The summed E-state index contributed by atoms with van der Waals surface area (Å²) in [5.41, 5.74) is 7.13. The summed E-state index contributed by atoms with van der Waals surface area (Å²) in [4.78, 5) is 18.0. The Bertz CT molecular complexity index is 495. The first-order chi connectivity index (χ1) is 9.15. The lowest BCUT2D eigenvalue weighted by Crippen LogP contribution is -2.51. The highest BCUT2D eigenvalue weighted by atomic mass is 32.1. The number of nitrogens with zero attached hydrogens (tertiary/aromatic N) is 2. The largest absolute Gasteiger partial charge is 0.467 e. The minimum atomic E-state index is -0.504. The molecule has 7 heteroatoms. The number of thiocarbonyl (C=S) groups is 1. The molecule has 1 atom stereocenters. The van der Waals surface area contributed by atoms with E-state index in [9.17, 15) is 4.79 Å². The average Bonchev–Trinajstić information content (AvgIpc) is 2.46. The smallest absolute Gasteiger partial charge is 0.330 e. The van der Waals surface area contributed by atoms with Gasteiger partial charge in [-0.1, -0.05) is 12.2 Å². The maximum Gasteiger partial charge on any atom is 0.330 e. The first-order valence-corrected chi connectivity index (χ1v) is 6.22. The molecule has 0 radical (unpaired) electrons. The van der Waals surface area contributed by atoms with Gasteiger partial charge in [0.05, 0.1) is 32.2 Å². The van der Waals surface area contributed by atoms with Gasteiger partial charge < -0.3 is 20.1 Å². The minimum absolute atomic E-state index is 0.271. The number of nitrogens with two attached hydrogens (primary N) is 1. The number of morpholine rings is 1. The van der Waals surface area contributed by atoms with Crippen molar-refractivity contribution in [3.05, 3.63) is 24.0 Å². The maximum atomic E-state index is 11.8. The van der Waals surface area contributed by atoms with Gasteiger partial charge in [0.25, 0.3) is 0 Å². The molecule has 0 amide bonds. The molecule has 1 aromatic heterocycles. The number of anilines is 1. The number of hydrogen-bond donors (Lipinski definition) is 1. The molecule has 6 nitrogen and oxygen atoms in total. The molecule has 0 aliphatic carbocycles. The molecule has 1 aliphatic rings. The molecule has 2 heterocycles. The molecule has 1 fully saturated rings. The SMILES string of the molecule is COC(=O)C1COCCN1c1cnccc1C(N)=S. The van der Waals surface area contributed by atoms with Crippen LogP contribution < -0.4 is 10.6 Å². The van der Waals surface area contributed by atoms with E-state index in [0.29, 0.717) is 18.7 Å². The van der Waals surface area contributed by atoms with E-state index in [1.807, 2.05) is 4.90 Å². The van der Waals surface area contributed by atoms with Crippen LogP contribution in [0.3, 0.4) is 0 Å². The van der Waals surface area contributed by atoms with Crippen LogP contribution in [0.4, 0.5) is 5.69 Å². The molecular weight excluding hydrogens is 266 g/mol. The van der Waals surface area contributed by atoms with Gasteiger partial charge in [0.15, 0.2) is 6.04 Å². The molecule has 19 heavy (non-hydrogen) atoms. The predicted octanol–water partition coefficient (Wildman–Crippen LogP) is 0.0940. The molecule has 1 unspecified atom stereocenters. The second-order valence-corrected chi connectivity index (χ2v) is 4.50. The van der Waals surface area contributed by atoms with Crippen LogP contribution in [-0.4, -0.2) is 48.9 Å². The molecule has 102 valence electrons. The van der Waals surface area contributed by atoms with Gasteiger partial charge in [-0.25, -0.2) is 4.79 Å². The zero-order chi connectivity index (χ0) is 13.8. The van der Waals surface area contributed by atoms with E-state index in [1.54, 1.807) is 18.5 Å². The summed E-state index contributed by atoms with van der Waals surface area (Å²) in [7, 11) is 1.35. The van der Waals surface area contributed by atoms with Gasteiger partial charge in [-0.3, -0.25) is 4.98 Å². The Morgan fingerprint density at radius 3 is 3.16 bits per heavy atom. The van der Waals surface area contributed by atoms with Gasteiger partial charge in [-0.15, -0.1) is 0 Å². The fraction of sp³-hybridized carbons (Fsp3) is 0.417. The topological polar surface area (TPSA) is 77.7 Å². The molecular formula is C12H15N3O3S. The molecule has 0 spiro atoms. The van der Waals surface area contributed by atoms with Crippen molar-refractivity contribution in [1.29, 1.82) is 0 Å². The first kappa shape index (κ1) is 13.7. The Hall–Kier alpha value is -1.73. The van der Waals surface area contributed by atoms with Gasteiger partial charge in [-0.05, 0) is 6.07 Å². The molecule has 2 N–H and O–H groups in total. The third-order valence-electron chi connectivity index (χ3n) is 2.98. The molecule has 0 aromatic carbocycles. The van der Waals surface area contributed by atoms with E-state index in [-0.39, 0.29) is 17.6 Å². The van der Waals surface area contributed by atoms with E-state index in [2.05, 4.69) is 4.98 Å². The summed E-state index contributed by atoms with van der Waals surface area (Å²) in [6.45, 7) is 1.36. The van der Waals surface area contributed by atoms with Crippen LogP contribution >= 0.6 is 12.2 Å². The van der Waals surface area contributed by atoms with Gasteiger partial charge in [0.2, 0.25) is 0 Å². The van der Waals surface area contributed by atoms with E-state index in [4.69, 9.17) is 27.4 Å². The van der Waals surface area contributed by atoms with Crippen molar-refractivity contribution in [1.82, 2.24) is 4.98 Å². The van der Waals surface area contributed by atoms with Crippen LogP contribution in [0.5, 0.6) is 0 Å². The molecule has 1 aromatic rings. The summed E-state index contributed by atoms with van der Waals surface area (Å²) in [5.74, 6) is -0.350. The van der Waals surface area contributed by atoms with Crippen molar-refractivity contribution in [3.63, 3.8) is 0 Å². The van der Waals surface area contributed by atoms with Gasteiger partial charge in [0.1, 0.15) is 4.99 Å². The highest BCUT2D eigenvalue weighted by molar-refractivity contribution is 7.80. The standard InChI is InChI=1S/C12H15N3O3S/c1-17-12(16)10-7-18-5-4-15(10)9-6-14-3-2-8(9)11(13)19/h2-3,6,10H,4-5,7H2,1H3,(H2,13,19). The number of carbonyl (C=O) groups is 1. The van der Waals surface area contributed by atoms with E-state index in [0.717, 1.165) is 5.69 Å². The lowest BCUT2D eigenvalue weighted by Gasteiger charge is -2.36. The van der Waals surface area contributed by atoms with Crippen molar-refractivity contribution in [2.75, 3.05) is 31.8 Å². The fourth-order valence-electron chi connectivity index (χ4n) is 2.05. The molecule has 2 rings (SSSR count). The normalized spacial score (nSPS) is 19.0. The maximum absolute atomic E-state index is 11.8. The zero-order valence-electron chi connectivity index (χ0n) is 10.5. The zero-order valence-corrected chi connectivity index (χ0v) is 11.4. The number of esters is 1. The van der Waals surface area contributed by atoms with Crippen molar-refractivity contribution in [2.45, 2.75) is 6.04 Å². The minimum Gasteiger partial charge on any atom is -0.467 e. The quantitative estimate of drug-likeness (QED) is 0.621. The van der Waals surface area contributed by atoms with E-state index >= 15 is 0 Å². The number of hydrogen-bond acceptors (Lipinski definition) is 6. The Balaban J connectivity index is 2.37. The molecule has 1 aliphatic heterocycles. The lowest BCUT2D eigenvalue weighted by atomic mass is 10.1. The summed E-state index contributed by atoms with van der Waals surface area (Å²) in [6.07, 6.45) is 3.27. The summed E-state index contributed by atoms with van der Waals surface area (Å²) < 4.78 is 10.1. The van der Waals surface area contributed by atoms with Crippen LogP contribution in [0.1, 0.15) is 5.56 Å². The van der Waals surface area contributed by atoms with Gasteiger partial charge >= 0.3 is 5.97 Å². The Morgan fingerprint density at radius 1 is 1.68 bits per heavy atom. The van der Waals surface area contributed by atoms with Crippen molar-refractivity contribution in [3.8, 4) is 0 Å². The van der Waals surface area contributed by atoms with Crippen molar-refractivity contribution < 1.29 is 14.3 Å². The Labute approximate surface area is 116 Å².